The number of rotatable bonds is 6. The van der Waals surface area contributed by atoms with Crippen molar-refractivity contribution in [3.05, 3.63) is 6.20 Å². The van der Waals surface area contributed by atoms with E-state index in [0.717, 1.165) is 5.39 Å². The van der Waals surface area contributed by atoms with Gasteiger partial charge in [-0.3, -0.25) is 10.5 Å². The van der Waals surface area contributed by atoms with Crippen LogP contribution in [0.3, 0.4) is 0 Å². The SMILES string of the molecule is CN(C)CC(C)(O)CNc1nc(NN)nc2[nH]ncc12. The number of H-pyrrole nitrogens is 1. The number of nitrogens with one attached hydrogen (secondary N) is 3. The van der Waals surface area contributed by atoms with Gasteiger partial charge >= 0.3 is 0 Å². The molecule has 20 heavy (non-hydrogen) atoms. The molecule has 0 radical (unpaired) electrons. The Bertz CT molecular complexity index is 579. The molecule has 0 amide bonds. The predicted molar refractivity (Wildman–Crippen MR) is 77.2 cm³/mol. The van der Waals surface area contributed by atoms with Crippen LogP contribution in [-0.2, 0) is 0 Å². The normalized spacial score (nSPS) is 14.5. The van der Waals surface area contributed by atoms with Gasteiger partial charge < -0.3 is 15.3 Å². The van der Waals surface area contributed by atoms with E-state index in [4.69, 9.17) is 5.84 Å². The minimum Gasteiger partial charge on any atom is -0.387 e. The average Bonchev–Trinajstić information content (AvgIpc) is 2.82. The molecule has 0 spiro atoms. The van der Waals surface area contributed by atoms with Crippen LogP contribution in [-0.4, -0.2) is 63.0 Å². The zero-order valence-electron chi connectivity index (χ0n) is 11.8. The Labute approximate surface area is 116 Å². The van der Waals surface area contributed by atoms with Crippen LogP contribution >= 0.6 is 0 Å². The Hall–Kier alpha value is -1.97. The van der Waals surface area contributed by atoms with Gasteiger partial charge in [0.1, 0.15) is 5.82 Å². The van der Waals surface area contributed by atoms with E-state index < -0.39 is 5.60 Å². The van der Waals surface area contributed by atoms with Crippen molar-refractivity contribution in [1.82, 2.24) is 25.1 Å². The Morgan fingerprint density at radius 2 is 2.20 bits per heavy atom. The van der Waals surface area contributed by atoms with Gasteiger partial charge in [-0.1, -0.05) is 0 Å². The molecular formula is C11H20N8O. The smallest absolute Gasteiger partial charge is 0.241 e. The summed E-state index contributed by atoms with van der Waals surface area (Å²) in [7, 11) is 3.81. The van der Waals surface area contributed by atoms with Crippen molar-refractivity contribution in [3.63, 3.8) is 0 Å². The van der Waals surface area contributed by atoms with Crippen LogP contribution in [0.2, 0.25) is 0 Å². The number of aromatic amines is 1. The molecule has 2 aromatic heterocycles. The van der Waals surface area contributed by atoms with Crippen LogP contribution in [0.1, 0.15) is 6.92 Å². The Balaban J connectivity index is 2.18. The summed E-state index contributed by atoms with van der Waals surface area (Å²) in [6, 6.07) is 0. The summed E-state index contributed by atoms with van der Waals surface area (Å²) in [6.07, 6.45) is 1.62. The molecule has 0 aliphatic rings. The monoisotopic (exact) mass is 280 g/mol. The number of hydrogen-bond donors (Lipinski definition) is 5. The zero-order valence-corrected chi connectivity index (χ0v) is 11.8. The van der Waals surface area contributed by atoms with Crippen molar-refractivity contribution in [2.24, 2.45) is 5.84 Å². The molecule has 2 aromatic rings. The second kappa shape index (κ2) is 5.57. The second-order valence-electron chi connectivity index (χ2n) is 5.26. The molecule has 0 aliphatic carbocycles. The standard InChI is InChI=1S/C11H20N8O/c1-11(20,6-19(2)3)5-13-8-7-4-14-18-9(7)16-10(15-8)17-12/h4,20H,5-6,12H2,1-3H3,(H3,13,14,15,16,17,18). The van der Waals surface area contributed by atoms with Gasteiger partial charge in [0.15, 0.2) is 5.65 Å². The van der Waals surface area contributed by atoms with E-state index in [1.54, 1.807) is 13.1 Å². The number of anilines is 2. The van der Waals surface area contributed by atoms with Crippen molar-refractivity contribution < 1.29 is 5.11 Å². The number of fused-ring (bicyclic) bond motifs is 1. The fourth-order valence-electron chi connectivity index (χ4n) is 2.05. The van der Waals surface area contributed by atoms with Crippen molar-refractivity contribution in [3.8, 4) is 0 Å². The molecule has 9 heteroatoms. The summed E-state index contributed by atoms with van der Waals surface area (Å²) >= 11 is 0. The van der Waals surface area contributed by atoms with E-state index in [2.05, 4.69) is 30.9 Å². The number of aliphatic hydroxyl groups is 1. The van der Waals surface area contributed by atoms with Gasteiger partial charge in [0.05, 0.1) is 17.2 Å². The van der Waals surface area contributed by atoms with Gasteiger partial charge in [-0.2, -0.15) is 15.1 Å². The van der Waals surface area contributed by atoms with Gasteiger partial charge in [-0.25, -0.2) is 5.84 Å². The van der Waals surface area contributed by atoms with Gasteiger partial charge in [0.25, 0.3) is 0 Å². The molecule has 1 atom stereocenters. The highest BCUT2D eigenvalue weighted by molar-refractivity contribution is 5.86. The van der Waals surface area contributed by atoms with E-state index in [1.165, 1.54) is 0 Å². The van der Waals surface area contributed by atoms with Crippen LogP contribution in [0.15, 0.2) is 6.20 Å². The third kappa shape index (κ3) is 3.32. The topological polar surface area (TPSA) is 128 Å². The third-order valence-corrected chi connectivity index (χ3v) is 2.73. The zero-order chi connectivity index (χ0) is 14.8. The highest BCUT2D eigenvalue weighted by Crippen LogP contribution is 2.20. The quantitative estimate of drug-likeness (QED) is 0.349. The summed E-state index contributed by atoms with van der Waals surface area (Å²) in [5.74, 6) is 6.17. The predicted octanol–water partition coefficient (Wildman–Crippen LogP) is -0.637. The highest BCUT2D eigenvalue weighted by Gasteiger charge is 2.22. The highest BCUT2D eigenvalue weighted by atomic mass is 16.3. The minimum atomic E-state index is -0.888. The molecule has 0 aliphatic heterocycles. The lowest BCUT2D eigenvalue weighted by Crippen LogP contribution is -2.43. The maximum absolute atomic E-state index is 10.3. The first kappa shape index (κ1) is 14.4. The summed E-state index contributed by atoms with van der Waals surface area (Å²) in [4.78, 5) is 10.3. The number of hydrogen-bond acceptors (Lipinski definition) is 8. The fraction of sp³-hybridized carbons (Fsp3) is 0.545. The maximum Gasteiger partial charge on any atom is 0.241 e. The molecule has 6 N–H and O–H groups in total. The molecule has 0 saturated carbocycles. The van der Waals surface area contributed by atoms with E-state index >= 15 is 0 Å². The molecule has 0 fully saturated rings. The largest absolute Gasteiger partial charge is 0.387 e. The average molecular weight is 280 g/mol. The van der Waals surface area contributed by atoms with Gasteiger partial charge in [-0.05, 0) is 21.0 Å². The second-order valence-corrected chi connectivity index (χ2v) is 5.26. The van der Waals surface area contributed by atoms with Crippen LogP contribution in [0.5, 0.6) is 0 Å². The Kier molecular flexibility index (Phi) is 4.02. The molecule has 2 heterocycles. The number of aromatic nitrogens is 4. The molecule has 0 bridgehead atoms. The molecule has 0 saturated heterocycles. The van der Waals surface area contributed by atoms with Gasteiger partial charge in [0, 0.05) is 13.1 Å². The summed E-state index contributed by atoms with van der Waals surface area (Å²) in [5.41, 5.74) is 2.08. The first-order valence-corrected chi connectivity index (χ1v) is 6.20. The molecule has 1 unspecified atom stereocenters. The minimum absolute atomic E-state index is 0.275. The Morgan fingerprint density at radius 3 is 2.85 bits per heavy atom. The first-order valence-electron chi connectivity index (χ1n) is 6.20. The molecule has 2 rings (SSSR count). The number of likely N-dealkylation sites (N-methyl/N-ethyl adjacent to an activating group) is 1. The van der Waals surface area contributed by atoms with Crippen LogP contribution in [0.4, 0.5) is 11.8 Å². The number of hydrazine groups is 1. The van der Waals surface area contributed by atoms with Gasteiger partial charge in [0.2, 0.25) is 5.95 Å². The summed E-state index contributed by atoms with van der Waals surface area (Å²) in [5, 5.41) is 20.8. The van der Waals surface area contributed by atoms with E-state index in [9.17, 15) is 5.11 Å². The number of nitrogens with zero attached hydrogens (tertiary/aromatic N) is 4. The van der Waals surface area contributed by atoms with E-state index in [1.807, 2.05) is 19.0 Å². The number of nitrogen functional groups attached to an aromatic ring is 1. The first-order chi connectivity index (χ1) is 9.41. The Morgan fingerprint density at radius 1 is 1.45 bits per heavy atom. The van der Waals surface area contributed by atoms with E-state index in [-0.39, 0.29) is 5.95 Å². The van der Waals surface area contributed by atoms with E-state index in [0.29, 0.717) is 24.6 Å². The van der Waals surface area contributed by atoms with Gasteiger partial charge in [-0.15, -0.1) is 0 Å². The lowest BCUT2D eigenvalue weighted by atomic mass is 10.1. The maximum atomic E-state index is 10.3. The summed E-state index contributed by atoms with van der Waals surface area (Å²) < 4.78 is 0. The summed E-state index contributed by atoms with van der Waals surface area (Å²) in [6.45, 7) is 2.63. The van der Waals surface area contributed by atoms with Crippen LogP contribution < -0.4 is 16.6 Å². The third-order valence-electron chi connectivity index (χ3n) is 2.73. The molecular weight excluding hydrogens is 260 g/mol. The van der Waals surface area contributed by atoms with Crippen molar-refractivity contribution in [2.75, 3.05) is 37.9 Å². The lowest BCUT2D eigenvalue weighted by molar-refractivity contribution is 0.0459. The fourth-order valence-corrected chi connectivity index (χ4v) is 2.05. The van der Waals surface area contributed by atoms with Crippen molar-refractivity contribution >= 4 is 22.8 Å². The molecule has 0 aromatic carbocycles. The van der Waals surface area contributed by atoms with Crippen molar-refractivity contribution in [1.29, 1.82) is 0 Å². The molecule has 9 nitrogen and oxygen atoms in total. The molecule has 110 valence electrons. The van der Waals surface area contributed by atoms with Crippen LogP contribution in [0, 0.1) is 0 Å². The van der Waals surface area contributed by atoms with Crippen LogP contribution in [0.25, 0.3) is 11.0 Å². The lowest BCUT2D eigenvalue weighted by Gasteiger charge is -2.27. The van der Waals surface area contributed by atoms with Crippen molar-refractivity contribution in [2.45, 2.75) is 12.5 Å². The number of nitrogens with two attached hydrogens (primary N) is 1.